The lowest BCUT2D eigenvalue weighted by molar-refractivity contribution is -0.127. The van der Waals surface area contributed by atoms with E-state index in [9.17, 15) is 4.79 Å². The first-order chi connectivity index (χ1) is 13.5. The third-order valence-corrected chi connectivity index (χ3v) is 4.46. The smallest absolute Gasteiger partial charge is 0.280 e. The predicted molar refractivity (Wildman–Crippen MR) is 110 cm³/mol. The molecule has 0 saturated heterocycles. The first-order valence-corrected chi connectivity index (χ1v) is 9.15. The van der Waals surface area contributed by atoms with Gasteiger partial charge in [0.2, 0.25) is 0 Å². The molecule has 1 amide bonds. The van der Waals surface area contributed by atoms with Crippen molar-refractivity contribution in [2.24, 2.45) is 5.10 Å². The van der Waals surface area contributed by atoms with Gasteiger partial charge in [-0.3, -0.25) is 9.48 Å². The molecule has 0 spiro atoms. The first kappa shape index (κ1) is 19.4. The highest BCUT2D eigenvalue weighted by atomic mass is 16.5. The number of ether oxygens (including phenoxy) is 1. The molecule has 0 aliphatic heterocycles. The summed E-state index contributed by atoms with van der Waals surface area (Å²) in [6.07, 6.45) is 4.49. The van der Waals surface area contributed by atoms with Crippen molar-refractivity contribution in [3.05, 3.63) is 83.2 Å². The number of nitrogens with one attached hydrogen (secondary N) is 1. The van der Waals surface area contributed by atoms with E-state index in [2.05, 4.69) is 15.6 Å². The molecule has 144 valence electrons. The molecule has 28 heavy (non-hydrogen) atoms. The standard InChI is InChI=1S/C22H24N4O2/c1-16-8-7-11-21(17(16)2)28-18(3)22(27)25-23-12-20-13-24-26(15-20)14-19-9-5-4-6-10-19/h4-13,15,18H,14H2,1-3H3,(H,25,27)/b23-12-/t18-/m1/s1. The van der Waals surface area contributed by atoms with Crippen LogP contribution in [0, 0.1) is 13.8 Å². The Hall–Kier alpha value is -3.41. The summed E-state index contributed by atoms with van der Waals surface area (Å²) in [6.45, 7) is 6.36. The molecule has 1 N–H and O–H groups in total. The van der Waals surface area contributed by atoms with Gasteiger partial charge in [-0.15, -0.1) is 0 Å². The number of carbonyl (C=O) groups is 1. The van der Waals surface area contributed by atoms with Gasteiger partial charge in [0.15, 0.2) is 6.10 Å². The molecule has 1 atom stereocenters. The van der Waals surface area contributed by atoms with E-state index in [4.69, 9.17) is 4.74 Å². The maximum Gasteiger partial charge on any atom is 0.280 e. The lowest BCUT2D eigenvalue weighted by atomic mass is 10.1. The van der Waals surface area contributed by atoms with E-state index >= 15 is 0 Å². The zero-order chi connectivity index (χ0) is 19.9. The van der Waals surface area contributed by atoms with Crippen molar-refractivity contribution in [3.63, 3.8) is 0 Å². The zero-order valence-corrected chi connectivity index (χ0v) is 16.3. The molecule has 3 rings (SSSR count). The molecule has 0 radical (unpaired) electrons. The van der Waals surface area contributed by atoms with Crippen LogP contribution in [0.5, 0.6) is 5.75 Å². The van der Waals surface area contributed by atoms with Crippen LogP contribution in [0.25, 0.3) is 0 Å². The summed E-state index contributed by atoms with van der Waals surface area (Å²) in [4.78, 5) is 12.2. The Morgan fingerprint density at radius 3 is 2.79 bits per heavy atom. The Labute approximate surface area is 164 Å². The maximum atomic E-state index is 12.2. The van der Waals surface area contributed by atoms with Crippen molar-refractivity contribution >= 4 is 12.1 Å². The monoisotopic (exact) mass is 376 g/mol. The van der Waals surface area contributed by atoms with E-state index in [1.165, 1.54) is 5.56 Å². The molecule has 1 heterocycles. The number of aromatic nitrogens is 2. The van der Waals surface area contributed by atoms with E-state index in [-0.39, 0.29) is 5.91 Å². The molecule has 0 unspecified atom stereocenters. The predicted octanol–water partition coefficient (Wildman–Crippen LogP) is 3.47. The molecular formula is C22H24N4O2. The maximum absolute atomic E-state index is 12.2. The average Bonchev–Trinajstić information content (AvgIpc) is 3.13. The molecule has 0 bridgehead atoms. The van der Waals surface area contributed by atoms with Crippen LogP contribution in [0.1, 0.15) is 29.2 Å². The molecule has 6 nitrogen and oxygen atoms in total. The fraction of sp³-hybridized carbons (Fsp3) is 0.227. The van der Waals surface area contributed by atoms with Gasteiger partial charge in [-0.1, -0.05) is 42.5 Å². The highest BCUT2D eigenvalue weighted by molar-refractivity contribution is 5.84. The summed E-state index contributed by atoms with van der Waals surface area (Å²) in [5.41, 5.74) is 6.63. The Morgan fingerprint density at radius 1 is 1.21 bits per heavy atom. The Bertz CT molecular complexity index is 964. The van der Waals surface area contributed by atoms with E-state index in [1.807, 2.05) is 73.3 Å². The van der Waals surface area contributed by atoms with Gasteiger partial charge in [0.1, 0.15) is 5.75 Å². The van der Waals surface area contributed by atoms with E-state index < -0.39 is 6.10 Å². The summed E-state index contributed by atoms with van der Waals surface area (Å²) in [7, 11) is 0. The zero-order valence-electron chi connectivity index (χ0n) is 16.3. The van der Waals surface area contributed by atoms with Crippen LogP contribution in [0.2, 0.25) is 0 Å². The van der Waals surface area contributed by atoms with Gasteiger partial charge in [0.05, 0.1) is 19.0 Å². The van der Waals surface area contributed by atoms with E-state index in [0.29, 0.717) is 12.3 Å². The van der Waals surface area contributed by atoms with Crippen LogP contribution in [0.4, 0.5) is 0 Å². The largest absolute Gasteiger partial charge is 0.481 e. The number of hydrogen-bond donors (Lipinski definition) is 1. The van der Waals surface area contributed by atoms with Crippen molar-refractivity contribution < 1.29 is 9.53 Å². The summed E-state index contributed by atoms with van der Waals surface area (Å²) in [6, 6.07) is 15.9. The number of benzene rings is 2. The van der Waals surface area contributed by atoms with Crippen molar-refractivity contribution in [1.82, 2.24) is 15.2 Å². The van der Waals surface area contributed by atoms with Crippen LogP contribution in [-0.4, -0.2) is 28.0 Å². The molecule has 6 heteroatoms. The Kier molecular flexibility index (Phi) is 6.22. The number of nitrogens with zero attached hydrogens (tertiary/aromatic N) is 3. The van der Waals surface area contributed by atoms with Gasteiger partial charge in [-0.05, 0) is 43.5 Å². The van der Waals surface area contributed by atoms with Crippen molar-refractivity contribution in [3.8, 4) is 5.75 Å². The second-order valence-corrected chi connectivity index (χ2v) is 6.65. The van der Waals surface area contributed by atoms with E-state index in [1.54, 1.807) is 19.3 Å². The third kappa shape index (κ3) is 5.07. The van der Waals surface area contributed by atoms with Crippen LogP contribution < -0.4 is 10.2 Å². The number of amides is 1. The summed E-state index contributed by atoms with van der Waals surface area (Å²) in [5.74, 6) is 0.391. The minimum absolute atomic E-state index is 0.311. The van der Waals surface area contributed by atoms with Gasteiger partial charge in [0.25, 0.3) is 5.91 Å². The molecule has 0 aliphatic rings. The third-order valence-electron chi connectivity index (χ3n) is 4.46. The van der Waals surface area contributed by atoms with Gasteiger partial charge in [0, 0.05) is 11.8 Å². The van der Waals surface area contributed by atoms with Crippen LogP contribution in [0.15, 0.2) is 66.0 Å². The number of aryl methyl sites for hydroxylation is 1. The van der Waals surface area contributed by atoms with Crippen molar-refractivity contribution in [2.75, 3.05) is 0 Å². The van der Waals surface area contributed by atoms with Crippen LogP contribution in [-0.2, 0) is 11.3 Å². The number of hydrazone groups is 1. The van der Waals surface area contributed by atoms with Crippen LogP contribution in [0.3, 0.4) is 0 Å². The first-order valence-electron chi connectivity index (χ1n) is 9.15. The van der Waals surface area contributed by atoms with Gasteiger partial charge in [-0.2, -0.15) is 10.2 Å². The quantitative estimate of drug-likeness (QED) is 0.507. The SMILES string of the molecule is Cc1cccc(O[C@H](C)C(=O)N/N=C\c2cnn(Cc3ccccc3)c2)c1C. The fourth-order valence-electron chi connectivity index (χ4n) is 2.66. The number of carbonyl (C=O) groups excluding carboxylic acids is 1. The lowest BCUT2D eigenvalue weighted by Gasteiger charge is -2.15. The lowest BCUT2D eigenvalue weighted by Crippen LogP contribution is -2.33. The minimum atomic E-state index is -0.654. The fourth-order valence-corrected chi connectivity index (χ4v) is 2.66. The highest BCUT2D eigenvalue weighted by Crippen LogP contribution is 2.21. The van der Waals surface area contributed by atoms with E-state index in [0.717, 1.165) is 16.7 Å². The van der Waals surface area contributed by atoms with Crippen LogP contribution >= 0.6 is 0 Å². The molecule has 0 fully saturated rings. The second-order valence-electron chi connectivity index (χ2n) is 6.65. The average molecular weight is 376 g/mol. The minimum Gasteiger partial charge on any atom is -0.481 e. The molecule has 0 aliphatic carbocycles. The Balaban J connectivity index is 1.52. The van der Waals surface area contributed by atoms with Crippen molar-refractivity contribution in [1.29, 1.82) is 0 Å². The molecule has 2 aromatic carbocycles. The molecule has 0 saturated carbocycles. The van der Waals surface area contributed by atoms with Gasteiger partial charge < -0.3 is 4.74 Å². The molecule has 1 aromatic heterocycles. The summed E-state index contributed by atoms with van der Waals surface area (Å²) >= 11 is 0. The topological polar surface area (TPSA) is 68.5 Å². The van der Waals surface area contributed by atoms with Gasteiger partial charge in [-0.25, -0.2) is 5.43 Å². The number of hydrogen-bond acceptors (Lipinski definition) is 4. The molecular weight excluding hydrogens is 352 g/mol. The van der Waals surface area contributed by atoms with Gasteiger partial charge >= 0.3 is 0 Å². The van der Waals surface area contributed by atoms with Crippen molar-refractivity contribution in [2.45, 2.75) is 33.4 Å². The number of rotatable bonds is 7. The summed E-state index contributed by atoms with van der Waals surface area (Å²) in [5, 5.41) is 8.31. The second kappa shape index (κ2) is 8.99. The Morgan fingerprint density at radius 2 is 2.00 bits per heavy atom. The highest BCUT2D eigenvalue weighted by Gasteiger charge is 2.15. The summed E-state index contributed by atoms with van der Waals surface area (Å²) < 4.78 is 7.58. The normalized spacial score (nSPS) is 12.1. The molecule has 3 aromatic rings.